The molecule has 1 radical (unpaired) electrons. The Bertz CT molecular complexity index is 468. The average molecular weight is 191 g/mol. The molecular weight excluding hydrogens is 180 g/mol. The van der Waals surface area contributed by atoms with Crippen molar-refractivity contribution >= 4 is 17.5 Å². The minimum Gasteiger partial charge on any atom is -0.285 e. The van der Waals surface area contributed by atoms with Gasteiger partial charge in [-0.1, -0.05) is 26.8 Å². The van der Waals surface area contributed by atoms with Gasteiger partial charge in [-0.05, 0) is 11.5 Å². The van der Waals surface area contributed by atoms with Gasteiger partial charge in [-0.15, -0.1) is 0 Å². The van der Waals surface area contributed by atoms with Crippen LogP contribution in [0.3, 0.4) is 0 Å². The van der Waals surface area contributed by atoms with Crippen LogP contribution in [0.2, 0.25) is 0 Å². The standard InChI is InChI=1S/C11H11O3/c1-11(2,3)8-5-4-7(6-12)9-10(8)14-13-9/h4-5H,1-3H3. The van der Waals surface area contributed by atoms with E-state index in [9.17, 15) is 4.79 Å². The number of hydrogen-bond donors (Lipinski definition) is 0. The molecule has 0 fully saturated rings. The molecule has 1 aromatic carbocycles. The summed E-state index contributed by atoms with van der Waals surface area (Å²) in [5.74, 6) is 0. The second-order valence-electron chi connectivity index (χ2n) is 4.34. The van der Waals surface area contributed by atoms with Crippen molar-refractivity contribution in [1.29, 1.82) is 0 Å². The molecule has 0 N–H and O–H groups in total. The third kappa shape index (κ3) is 1.16. The monoisotopic (exact) mass is 191 g/mol. The van der Waals surface area contributed by atoms with Crippen molar-refractivity contribution in [2.45, 2.75) is 26.2 Å². The van der Waals surface area contributed by atoms with Gasteiger partial charge in [0, 0.05) is 5.56 Å². The van der Waals surface area contributed by atoms with E-state index in [-0.39, 0.29) is 5.41 Å². The van der Waals surface area contributed by atoms with Crippen molar-refractivity contribution in [2.24, 2.45) is 0 Å². The van der Waals surface area contributed by atoms with Crippen LogP contribution in [-0.2, 0) is 10.2 Å². The lowest BCUT2D eigenvalue weighted by Gasteiger charge is -2.20. The summed E-state index contributed by atoms with van der Waals surface area (Å²) in [6.45, 7) is 6.23. The summed E-state index contributed by atoms with van der Waals surface area (Å²) in [4.78, 5) is 10.5. The molecule has 0 atom stereocenters. The predicted octanol–water partition coefficient (Wildman–Crippen LogP) is 2.78. The average Bonchev–Trinajstić information content (AvgIpc) is 2.03. The van der Waals surface area contributed by atoms with Gasteiger partial charge < -0.3 is 0 Å². The first-order chi connectivity index (χ1) is 6.54. The van der Waals surface area contributed by atoms with Gasteiger partial charge >= 0.3 is 0 Å². The summed E-state index contributed by atoms with van der Waals surface area (Å²) < 4.78 is 9.67. The van der Waals surface area contributed by atoms with Gasteiger partial charge in [0.1, 0.15) is 0 Å². The van der Waals surface area contributed by atoms with E-state index < -0.39 is 0 Å². The lowest BCUT2D eigenvalue weighted by Crippen LogP contribution is -2.12. The second-order valence-corrected chi connectivity index (χ2v) is 4.34. The first-order valence-corrected chi connectivity index (χ1v) is 4.44. The highest BCUT2D eigenvalue weighted by Crippen LogP contribution is 2.33. The number of rotatable bonds is 1. The summed E-state index contributed by atoms with van der Waals surface area (Å²) in [5.41, 5.74) is 2.61. The molecule has 2 aromatic rings. The Balaban J connectivity index is 2.67. The lowest BCUT2D eigenvalue weighted by molar-refractivity contribution is 0.0571. The molecule has 0 unspecified atom stereocenters. The van der Waals surface area contributed by atoms with Crippen LogP contribution in [0, 0.1) is 0 Å². The third-order valence-corrected chi connectivity index (χ3v) is 2.24. The molecule has 1 heterocycles. The van der Waals surface area contributed by atoms with E-state index in [0.29, 0.717) is 16.7 Å². The van der Waals surface area contributed by atoms with Crippen LogP contribution in [-0.4, -0.2) is 6.29 Å². The highest BCUT2D eigenvalue weighted by atomic mass is 17.0. The first-order valence-electron chi connectivity index (χ1n) is 4.44. The molecule has 2 rings (SSSR count). The van der Waals surface area contributed by atoms with Crippen molar-refractivity contribution in [1.82, 2.24) is 0 Å². The zero-order chi connectivity index (χ0) is 10.3. The van der Waals surface area contributed by atoms with E-state index in [1.54, 1.807) is 6.07 Å². The maximum absolute atomic E-state index is 10.5. The molecule has 0 amide bonds. The van der Waals surface area contributed by atoms with E-state index in [1.807, 2.05) is 12.4 Å². The molecule has 0 saturated heterocycles. The summed E-state index contributed by atoms with van der Waals surface area (Å²) >= 11 is 0. The van der Waals surface area contributed by atoms with Crippen LogP contribution in [0.25, 0.3) is 11.2 Å². The summed E-state index contributed by atoms with van der Waals surface area (Å²) in [6.07, 6.45) is 1.81. The second kappa shape index (κ2) is 2.74. The number of fused-ring (bicyclic) bond motifs is 1. The van der Waals surface area contributed by atoms with Gasteiger partial charge in [0.25, 0.3) is 0 Å². The van der Waals surface area contributed by atoms with Crippen LogP contribution in [0.1, 0.15) is 31.9 Å². The molecule has 0 saturated carbocycles. The summed E-state index contributed by atoms with van der Waals surface area (Å²) in [5, 5.41) is 0. The Hall–Kier alpha value is -1.51. The van der Waals surface area contributed by atoms with E-state index in [1.165, 1.54) is 0 Å². The first kappa shape index (κ1) is 9.06. The topological polar surface area (TPSA) is 43.4 Å². The predicted molar refractivity (Wildman–Crippen MR) is 52.0 cm³/mol. The molecule has 0 spiro atoms. The Morgan fingerprint density at radius 1 is 1.14 bits per heavy atom. The minimum absolute atomic E-state index is 0.0186. The lowest BCUT2D eigenvalue weighted by atomic mass is 9.86. The van der Waals surface area contributed by atoms with Gasteiger partial charge in [-0.2, -0.15) is 0 Å². The van der Waals surface area contributed by atoms with Crippen molar-refractivity contribution < 1.29 is 13.9 Å². The number of hydrogen-bond acceptors (Lipinski definition) is 3. The van der Waals surface area contributed by atoms with Gasteiger partial charge in [0.15, 0.2) is 0 Å². The molecule has 0 bridgehead atoms. The van der Waals surface area contributed by atoms with E-state index in [4.69, 9.17) is 9.15 Å². The SMILES string of the molecule is CC(C)(C)c1ccc([C]=O)c2ooc12. The highest BCUT2D eigenvalue weighted by Gasteiger charge is 2.24. The van der Waals surface area contributed by atoms with Crippen LogP contribution in [0.15, 0.2) is 21.3 Å². The van der Waals surface area contributed by atoms with Crippen LogP contribution in [0.4, 0.5) is 0 Å². The van der Waals surface area contributed by atoms with Crippen LogP contribution >= 0.6 is 0 Å². The molecule has 3 nitrogen and oxygen atoms in total. The Morgan fingerprint density at radius 3 is 2.21 bits per heavy atom. The van der Waals surface area contributed by atoms with Gasteiger partial charge in [0.05, 0.1) is 5.56 Å². The van der Waals surface area contributed by atoms with Gasteiger partial charge in [-0.3, -0.25) is 13.9 Å². The molecule has 0 aliphatic carbocycles. The normalized spacial score (nSPS) is 12.2. The van der Waals surface area contributed by atoms with Crippen LogP contribution < -0.4 is 0 Å². The molecule has 3 heteroatoms. The summed E-state index contributed by atoms with van der Waals surface area (Å²) in [6, 6.07) is 3.58. The molecule has 14 heavy (non-hydrogen) atoms. The van der Waals surface area contributed by atoms with Crippen molar-refractivity contribution in [3.05, 3.63) is 23.3 Å². The zero-order valence-corrected chi connectivity index (χ0v) is 8.38. The van der Waals surface area contributed by atoms with Gasteiger partial charge in [-0.25, -0.2) is 0 Å². The van der Waals surface area contributed by atoms with E-state index in [0.717, 1.165) is 5.56 Å². The molecule has 0 aliphatic heterocycles. The maximum Gasteiger partial charge on any atom is 0.237 e. The highest BCUT2D eigenvalue weighted by molar-refractivity contribution is 5.94. The fourth-order valence-electron chi connectivity index (χ4n) is 1.45. The molecule has 73 valence electrons. The van der Waals surface area contributed by atoms with E-state index >= 15 is 0 Å². The fraction of sp³-hybridized carbons (Fsp3) is 0.364. The molecule has 1 aromatic heterocycles. The fourth-order valence-corrected chi connectivity index (χ4v) is 1.45. The number of carbonyl (C=O) groups excluding carboxylic acids is 1. The van der Waals surface area contributed by atoms with Gasteiger partial charge in [0.2, 0.25) is 17.5 Å². The van der Waals surface area contributed by atoms with Crippen molar-refractivity contribution in [3.63, 3.8) is 0 Å². The zero-order valence-electron chi connectivity index (χ0n) is 8.38. The maximum atomic E-state index is 10.5. The molecule has 0 aliphatic rings. The smallest absolute Gasteiger partial charge is 0.237 e. The Kier molecular flexibility index (Phi) is 1.77. The Labute approximate surface area is 81.6 Å². The van der Waals surface area contributed by atoms with E-state index in [2.05, 4.69) is 20.8 Å². The summed E-state index contributed by atoms with van der Waals surface area (Å²) in [7, 11) is 0. The number of benzene rings is 1. The largest absolute Gasteiger partial charge is 0.285 e. The van der Waals surface area contributed by atoms with Crippen molar-refractivity contribution in [2.75, 3.05) is 0 Å². The van der Waals surface area contributed by atoms with Crippen molar-refractivity contribution in [3.8, 4) is 0 Å². The quantitative estimate of drug-likeness (QED) is 0.651. The van der Waals surface area contributed by atoms with Crippen LogP contribution in [0.5, 0.6) is 0 Å². The minimum atomic E-state index is -0.0186. The Morgan fingerprint density at radius 2 is 1.79 bits per heavy atom. The third-order valence-electron chi connectivity index (χ3n) is 2.24. The molecular formula is C11H11O3.